The third kappa shape index (κ3) is 5.26. The van der Waals surface area contributed by atoms with Crippen LogP contribution < -0.4 is 10.6 Å². The van der Waals surface area contributed by atoms with Crippen LogP contribution in [0.25, 0.3) is 0 Å². The lowest BCUT2D eigenvalue weighted by atomic mass is 10.1. The lowest BCUT2D eigenvalue weighted by Crippen LogP contribution is -2.69. The average molecular weight is 470 g/mol. The van der Waals surface area contributed by atoms with Crippen molar-refractivity contribution in [2.75, 3.05) is 11.9 Å². The molecular weight excluding hydrogens is 456 g/mol. The van der Waals surface area contributed by atoms with Crippen LogP contribution in [0.5, 0.6) is 0 Å². The lowest BCUT2D eigenvalue weighted by Gasteiger charge is -2.35. The van der Waals surface area contributed by atoms with Crippen LogP contribution >= 0.6 is 0 Å². The molecule has 0 aromatic heterocycles. The maximum atomic E-state index is 14.0. The number of alkyl halides is 6. The summed E-state index contributed by atoms with van der Waals surface area (Å²) in [5.74, 6) is -6.57. The normalized spacial score (nSPS) is 13.8. The van der Waals surface area contributed by atoms with Gasteiger partial charge in [-0.3, -0.25) is 4.79 Å². The van der Waals surface area contributed by atoms with Crippen LogP contribution in [0.4, 0.5) is 40.8 Å². The Balaban J connectivity index is 2.57. The Labute approximate surface area is 175 Å². The third-order valence-electron chi connectivity index (χ3n) is 4.01. The van der Waals surface area contributed by atoms with E-state index < -0.39 is 64.9 Å². The van der Waals surface area contributed by atoms with Gasteiger partial charge in [0.1, 0.15) is 11.6 Å². The number of hydrogen-bond donors (Lipinski definition) is 2. The third-order valence-corrected chi connectivity index (χ3v) is 4.01. The van der Waals surface area contributed by atoms with Crippen LogP contribution in [0.3, 0.4) is 0 Å². The minimum atomic E-state index is -5.68. The second kappa shape index (κ2) is 9.01. The fourth-order valence-corrected chi connectivity index (χ4v) is 2.50. The monoisotopic (exact) mass is 470 g/mol. The van der Waals surface area contributed by atoms with Crippen LogP contribution in [-0.4, -0.2) is 30.3 Å². The highest BCUT2D eigenvalue weighted by molar-refractivity contribution is 5.99. The Morgan fingerprint density at radius 3 is 2.16 bits per heavy atom. The van der Waals surface area contributed by atoms with Crippen LogP contribution in [0.2, 0.25) is 0 Å². The number of nitrogens with one attached hydrogen (secondary N) is 2. The van der Waals surface area contributed by atoms with Gasteiger partial charge in [-0.25, -0.2) is 13.6 Å². The van der Waals surface area contributed by atoms with E-state index in [2.05, 4.69) is 4.74 Å². The van der Waals surface area contributed by atoms with Gasteiger partial charge in [0.05, 0.1) is 17.9 Å². The standard InChI is InChI=1S/C19H14F8N2O3/c1-2-32-16(31)17(19(25,26)27,28-14-7-6-12(20)9-13(14)21)29-15(30)10-4-3-5-11(8-10)18(22,23)24/h3-9,28H,2H2,1H3,(H,29,30)/t17-/m1/s1. The Morgan fingerprint density at radius 2 is 1.62 bits per heavy atom. The van der Waals surface area contributed by atoms with Crippen LogP contribution in [0.15, 0.2) is 42.5 Å². The fraction of sp³-hybridized carbons (Fsp3) is 0.263. The molecule has 1 atom stereocenters. The number of benzene rings is 2. The van der Waals surface area contributed by atoms with Gasteiger partial charge in [0.15, 0.2) is 0 Å². The summed E-state index contributed by atoms with van der Waals surface area (Å²) < 4.78 is 112. The first-order valence-electron chi connectivity index (χ1n) is 8.68. The Hall–Kier alpha value is -3.38. The van der Waals surface area contributed by atoms with Crippen LogP contribution in [-0.2, 0) is 15.7 Å². The number of anilines is 1. The molecule has 32 heavy (non-hydrogen) atoms. The van der Waals surface area contributed by atoms with Gasteiger partial charge in [0.2, 0.25) is 0 Å². The minimum Gasteiger partial charge on any atom is -0.463 e. The molecule has 2 rings (SSSR count). The fourth-order valence-electron chi connectivity index (χ4n) is 2.50. The summed E-state index contributed by atoms with van der Waals surface area (Å²) in [6.45, 7) is 0.551. The SMILES string of the molecule is CCOC(=O)[C@](NC(=O)c1cccc(C(F)(F)F)c1)(Nc1ccc(F)cc1F)C(F)(F)F. The highest BCUT2D eigenvalue weighted by atomic mass is 19.4. The summed E-state index contributed by atoms with van der Waals surface area (Å²) in [5, 5.41) is 2.73. The number of carbonyl (C=O) groups is 2. The molecule has 0 aliphatic carbocycles. The maximum Gasteiger partial charge on any atom is 0.441 e. The number of amides is 1. The number of halogens is 8. The largest absolute Gasteiger partial charge is 0.463 e. The summed E-state index contributed by atoms with van der Waals surface area (Å²) in [6.07, 6.45) is -10.6. The molecule has 5 nitrogen and oxygen atoms in total. The molecular formula is C19H14F8N2O3. The Bertz CT molecular complexity index is 1010. The van der Waals surface area contributed by atoms with E-state index in [0.717, 1.165) is 19.1 Å². The molecule has 2 aromatic rings. The predicted molar refractivity (Wildman–Crippen MR) is 94.3 cm³/mol. The number of esters is 1. The van der Waals surface area contributed by atoms with Crippen molar-refractivity contribution in [2.45, 2.75) is 24.9 Å². The zero-order valence-corrected chi connectivity index (χ0v) is 16.0. The van der Waals surface area contributed by atoms with E-state index in [1.165, 1.54) is 10.6 Å². The summed E-state index contributed by atoms with van der Waals surface area (Å²) in [7, 11) is 0. The first-order chi connectivity index (χ1) is 14.7. The molecule has 0 bridgehead atoms. The Kier molecular flexibility index (Phi) is 7.00. The van der Waals surface area contributed by atoms with E-state index >= 15 is 0 Å². The van der Waals surface area contributed by atoms with Gasteiger partial charge in [-0.15, -0.1) is 0 Å². The second-order valence-electron chi connectivity index (χ2n) is 6.25. The summed E-state index contributed by atoms with van der Waals surface area (Å²) in [5.41, 5.74) is -7.37. The van der Waals surface area contributed by atoms with Crippen molar-refractivity contribution in [1.82, 2.24) is 5.32 Å². The van der Waals surface area contributed by atoms with Crippen molar-refractivity contribution in [3.8, 4) is 0 Å². The van der Waals surface area contributed by atoms with Crippen molar-refractivity contribution in [3.05, 3.63) is 65.2 Å². The quantitative estimate of drug-likeness (QED) is 0.367. The summed E-state index contributed by atoms with van der Waals surface area (Å²) >= 11 is 0. The van der Waals surface area contributed by atoms with Crippen LogP contribution in [0.1, 0.15) is 22.8 Å². The van der Waals surface area contributed by atoms with E-state index in [1.54, 1.807) is 0 Å². The van der Waals surface area contributed by atoms with Gasteiger partial charge in [-0.1, -0.05) is 6.07 Å². The summed E-state index contributed by atoms with van der Waals surface area (Å²) in [6, 6.07) is 3.70. The van der Waals surface area contributed by atoms with Crippen molar-refractivity contribution in [2.24, 2.45) is 0 Å². The number of ether oxygens (including phenoxy) is 1. The van der Waals surface area contributed by atoms with Crippen LogP contribution in [0, 0.1) is 11.6 Å². The molecule has 0 radical (unpaired) electrons. The van der Waals surface area contributed by atoms with Crippen molar-refractivity contribution in [1.29, 1.82) is 0 Å². The molecule has 0 saturated heterocycles. The number of carbonyl (C=O) groups excluding carboxylic acids is 2. The molecule has 1 amide bonds. The van der Waals surface area contributed by atoms with E-state index in [9.17, 15) is 44.7 Å². The molecule has 0 saturated carbocycles. The molecule has 0 unspecified atom stereocenters. The van der Waals surface area contributed by atoms with E-state index in [1.807, 2.05) is 0 Å². The Morgan fingerprint density at radius 1 is 0.969 bits per heavy atom. The summed E-state index contributed by atoms with van der Waals surface area (Å²) in [4.78, 5) is 24.7. The average Bonchev–Trinajstić information content (AvgIpc) is 2.68. The first kappa shape index (κ1) is 24.9. The second-order valence-corrected chi connectivity index (χ2v) is 6.25. The number of rotatable bonds is 6. The molecule has 13 heteroatoms. The van der Waals surface area contributed by atoms with Gasteiger partial charge < -0.3 is 15.4 Å². The van der Waals surface area contributed by atoms with Gasteiger partial charge >= 0.3 is 24.0 Å². The first-order valence-corrected chi connectivity index (χ1v) is 8.68. The molecule has 0 heterocycles. The van der Waals surface area contributed by atoms with E-state index in [4.69, 9.17) is 0 Å². The topological polar surface area (TPSA) is 67.4 Å². The predicted octanol–water partition coefficient (Wildman–Crippen LogP) is 4.65. The van der Waals surface area contributed by atoms with Gasteiger partial charge in [-0.05, 0) is 37.3 Å². The van der Waals surface area contributed by atoms with E-state index in [-0.39, 0.29) is 12.1 Å². The zero-order chi connectivity index (χ0) is 24.3. The van der Waals surface area contributed by atoms with Gasteiger partial charge in [-0.2, -0.15) is 26.3 Å². The van der Waals surface area contributed by atoms with Crippen molar-refractivity contribution < 1.29 is 49.4 Å². The smallest absolute Gasteiger partial charge is 0.441 e. The molecule has 2 aromatic carbocycles. The van der Waals surface area contributed by atoms with Gasteiger partial charge in [0.25, 0.3) is 5.91 Å². The number of hydrogen-bond acceptors (Lipinski definition) is 4. The molecule has 174 valence electrons. The van der Waals surface area contributed by atoms with Crippen molar-refractivity contribution >= 4 is 17.6 Å². The molecule has 0 aliphatic heterocycles. The lowest BCUT2D eigenvalue weighted by molar-refractivity contribution is -0.204. The molecule has 0 aliphatic rings. The van der Waals surface area contributed by atoms with Gasteiger partial charge in [0, 0.05) is 11.6 Å². The zero-order valence-electron chi connectivity index (χ0n) is 16.0. The molecule has 2 N–H and O–H groups in total. The van der Waals surface area contributed by atoms with Crippen molar-refractivity contribution in [3.63, 3.8) is 0 Å². The molecule has 0 spiro atoms. The maximum absolute atomic E-state index is 14.0. The highest BCUT2D eigenvalue weighted by Gasteiger charge is 2.64. The highest BCUT2D eigenvalue weighted by Crippen LogP contribution is 2.35. The molecule has 0 fully saturated rings. The minimum absolute atomic E-state index is 0.212. The van der Waals surface area contributed by atoms with E-state index in [0.29, 0.717) is 18.2 Å².